The number of hydrogen-bond donors (Lipinski definition) is 2. The molecular weight excluding hydrogens is 441 g/mol. The first-order chi connectivity index (χ1) is 16.3. The van der Waals surface area contributed by atoms with Crippen LogP contribution in [0.15, 0.2) is 70.9 Å². The molecule has 34 heavy (non-hydrogen) atoms. The summed E-state index contributed by atoms with van der Waals surface area (Å²) in [5, 5.41) is 11.1. The molecule has 5 rings (SSSR count). The van der Waals surface area contributed by atoms with Crippen molar-refractivity contribution in [3.63, 3.8) is 0 Å². The van der Waals surface area contributed by atoms with Crippen LogP contribution < -0.4 is 9.64 Å². The monoisotopic (exact) mass is 461 g/mol. The maximum absolute atomic E-state index is 13.7. The standard InChI is InChI=1S/C25H20FN3O5/c1-13(2)34-16-8-5-14(6-9-16)22(30)20-21(19-4-3-11-33-19)29(24(32)23(20)31)25-27-17-10-7-15(26)12-18(17)28-25/h3-13,21,30H,1-2H3,(H,27,28)/b22-20+. The quantitative estimate of drug-likeness (QED) is 0.253. The maximum atomic E-state index is 13.7. The number of aromatic amines is 1. The van der Waals surface area contributed by atoms with Gasteiger partial charge >= 0.3 is 5.91 Å². The molecule has 0 spiro atoms. The van der Waals surface area contributed by atoms with Crippen molar-refractivity contribution in [2.24, 2.45) is 0 Å². The van der Waals surface area contributed by atoms with Gasteiger partial charge in [-0.1, -0.05) is 0 Å². The molecule has 1 unspecified atom stereocenters. The fraction of sp³-hybridized carbons (Fsp3) is 0.160. The molecule has 4 aromatic rings. The average molecular weight is 461 g/mol. The average Bonchev–Trinajstić information content (AvgIpc) is 3.52. The van der Waals surface area contributed by atoms with Crippen LogP contribution in [0.3, 0.4) is 0 Å². The number of furan rings is 1. The van der Waals surface area contributed by atoms with E-state index in [2.05, 4.69) is 9.97 Å². The smallest absolute Gasteiger partial charge is 0.302 e. The van der Waals surface area contributed by atoms with E-state index in [1.165, 1.54) is 24.5 Å². The summed E-state index contributed by atoms with van der Waals surface area (Å²) >= 11 is 0. The minimum absolute atomic E-state index is 0.0268. The zero-order valence-corrected chi connectivity index (χ0v) is 18.3. The van der Waals surface area contributed by atoms with Crippen LogP contribution in [-0.4, -0.2) is 32.9 Å². The number of ether oxygens (including phenoxy) is 1. The van der Waals surface area contributed by atoms with E-state index in [-0.39, 0.29) is 29.1 Å². The number of aliphatic hydroxyl groups excluding tert-OH is 1. The summed E-state index contributed by atoms with van der Waals surface area (Å²) in [5.41, 5.74) is 0.953. The number of aromatic nitrogens is 2. The van der Waals surface area contributed by atoms with Crippen molar-refractivity contribution in [1.82, 2.24) is 9.97 Å². The summed E-state index contributed by atoms with van der Waals surface area (Å²) in [6, 6.07) is 12.6. The Morgan fingerprint density at radius 3 is 2.62 bits per heavy atom. The molecule has 172 valence electrons. The van der Waals surface area contributed by atoms with Crippen LogP contribution >= 0.6 is 0 Å². The fourth-order valence-corrected chi connectivity index (χ4v) is 3.97. The molecule has 2 N–H and O–H groups in total. The van der Waals surface area contributed by atoms with Crippen LogP contribution in [-0.2, 0) is 9.59 Å². The summed E-state index contributed by atoms with van der Waals surface area (Å²) in [4.78, 5) is 34.6. The Hall–Kier alpha value is -4.40. The Bertz CT molecular complexity index is 1420. The van der Waals surface area contributed by atoms with Crippen molar-refractivity contribution >= 4 is 34.4 Å². The van der Waals surface area contributed by atoms with Crippen LogP contribution in [0.25, 0.3) is 16.8 Å². The molecule has 1 saturated heterocycles. The first-order valence-electron chi connectivity index (χ1n) is 10.6. The zero-order chi connectivity index (χ0) is 24.0. The second-order valence-corrected chi connectivity index (χ2v) is 8.10. The Morgan fingerprint density at radius 2 is 1.94 bits per heavy atom. The number of rotatable bonds is 5. The molecule has 0 aliphatic carbocycles. The number of imidazole rings is 1. The lowest BCUT2D eigenvalue weighted by atomic mass is 9.99. The van der Waals surface area contributed by atoms with E-state index in [9.17, 15) is 19.1 Å². The van der Waals surface area contributed by atoms with E-state index in [0.29, 0.717) is 22.3 Å². The molecule has 1 amide bonds. The molecule has 0 radical (unpaired) electrons. The predicted molar refractivity (Wildman–Crippen MR) is 122 cm³/mol. The maximum Gasteiger partial charge on any atom is 0.302 e. The molecule has 1 aliphatic rings. The van der Waals surface area contributed by atoms with E-state index in [4.69, 9.17) is 9.15 Å². The molecule has 1 atom stereocenters. The number of carbonyl (C=O) groups is 2. The number of H-pyrrole nitrogens is 1. The fourth-order valence-electron chi connectivity index (χ4n) is 3.97. The van der Waals surface area contributed by atoms with Gasteiger partial charge in [0.25, 0.3) is 5.78 Å². The van der Waals surface area contributed by atoms with Gasteiger partial charge in [-0.15, -0.1) is 0 Å². The van der Waals surface area contributed by atoms with Crippen LogP contribution in [0.2, 0.25) is 0 Å². The number of ketones is 1. The van der Waals surface area contributed by atoms with Gasteiger partial charge in [0.15, 0.2) is 0 Å². The van der Waals surface area contributed by atoms with Gasteiger partial charge in [-0.25, -0.2) is 9.37 Å². The molecular formula is C25H20FN3O5. The van der Waals surface area contributed by atoms with Gasteiger partial charge in [0.1, 0.15) is 29.1 Å². The molecule has 0 saturated carbocycles. The van der Waals surface area contributed by atoms with Gasteiger partial charge in [0, 0.05) is 5.56 Å². The molecule has 8 nitrogen and oxygen atoms in total. The van der Waals surface area contributed by atoms with E-state index in [1.807, 2.05) is 13.8 Å². The summed E-state index contributed by atoms with van der Waals surface area (Å²) in [7, 11) is 0. The SMILES string of the molecule is CC(C)Oc1ccc(/C(O)=C2\C(=O)C(=O)N(c3nc4ccc(F)cc4[nH]3)C2c2ccco2)cc1. The molecule has 1 fully saturated rings. The molecule has 0 bridgehead atoms. The highest BCUT2D eigenvalue weighted by atomic mass is 19.1. The predicted octanol–water partition coefficient (Wildman–Crippen LogP) is 4.71. The Balaban J connectivity index is 1.63. The largest absolute Gasteiger partial charge is 0.507 e. The number of Topliss-reactive ketones (excluding diaryl/α,β-unsaturated/α-hetero) is 1. The van der Waals surface area contributed by atoms with Crippen LogP contribution in [0.4, 0.5) is 10.3 Å². The van der Waals surface area contributed by atoms with E-state index in [0.717, 1.165) is 4.90 Å². The summed E-state index contributed by atoms with van der Waals surface area (Å²) in [6.07, 6.45) is 1.38. The van der Waals surface area contributed by atoms with Gasteiger partial charge in [-0.3, -0.25) is 14.5 Å². The number of aliphatic hydroxyl groups is 1. The number of fused-ring (bicyclic) bond motifs is 1. The Morgan fingerprint density at radius 1 is 1.18 bits per heavy atom. The summed E-state index contributed by atoms with van der Waals surface area (Å²) in [6.45, 7) is 3.79. The third-order valence-electron chi connectivity index (χ3n) is 5.42. The number of nitrogens with one attached hydrogen (secondary N) is 1. The van der Waals surface area contributed by atoms with Gasteiger partial charge in [-0.05, 0) is 68.4 Å². The highest BCUT2D eigenvalue weighted by Crippen LogP contribution is 2.42. The van der Waals surface area contributed by atoms with Gasteiger partial charge < -0.3 is 19.2 Å². The van der Waals surface area contributed by atoms with E-state index >= 15 is 0 Å². The number of carbonyl (C=O) groups excluding carboxylic acids is 2. The molecule has 3 heterocycles. The second-order valence-electron chi connectivity index (χ2n) is 8.10. The summed E-state index contributed by atoms with van der Waals surface area (Å²) < 4.78 is 24.8. The van der Waals surface area contributed by atoms with Crippen molar-refractivity contribution in [3.05, 3.63) is 83.6 Å². The number of anilines is 1. The Kier molecular flexibility index (Phi) is 5.16. The van der Waals surface area contributed by atoms with E-state index in [1.54, 1.807) is 36.4 Å². The third-order valence-corrected chi connectivity index (χ3v) is 5.42. The number of amides is 1. The van der Waals surface area contributed by atoms with Gasteiger partial charge in [0.2, 0.25) is 5.95 Å². The third kappa shape index (κ3) is 3.61. The first-order valence-corrected chi connectivity index (χ1v) is 10.6. The topological polar surface area (TPSA) is 109 Å². The zero-order valence-electron chi connectivity index (χ0n) is 18.3. The van der Waals surface area contributed by atoms with Crippen molar-refractivity contribution in [2.45, 2.75) is 26.0 Å². The van der Waals surface area contributed by atoms with Crippen LogP contribution in [0, 0.1) is 5.82 Å². The van der Waals surface area contributed by atoms with Crippen molar-refractivity contribution in [2.75, 3.05) is 4.90 Å². The van der Waals surface area contributed by atoms with Crippen LogP contribution in [0.5, 0.6) is 5.75 Å². The molecule has 1 aliphatic heterocycles. The number of halogens is 1. The van der Waals surface area contributed by atoms with Crippen molar-refractivity contribution in [1.29, 1.82) is 0 Å². The minimum Gasteiger partial charge on any atom is -0.507 e. The highest BCUT2D eigenvalue weighted by molar-refractivity contribution is 6.51. The lowest BCUT2D eigenvalue weighted by Gasteiger charge is -2.20. The molecule has 9 heteroatoms. The number of benzene rings is 2. The molecule has 2 aromatic heterocycles. The molecule has 2 aromatic carbocycles. The van der Waals surface area contributed by atoms with Gasteiger partial charge in [0.05, 0.1) is 29.0 Å². The lowest BCUT2D eigenvalue weighted by molar-refractivity contribution is -0.132. The van der Waals surface area contributed by atoms with Crippen molar-refractivity contribution in [3.8, 4) is 5.75 Å². The first kappa shape index (κ1) is 21.4. The van der Waals surface area contributed by atoms with Crippen LogP contribution in [0.1, 0.15) is 31.2 Å². The highest BCUT2D eigenvalue weighted by Gasteiger charge is 2.49. The normalized spacial score (nSPS) is 17.8. The lowest BCUT2D eigenvalue weighted by Crippen LogP contribution is -2.30. The Labute approximate surface area is 193 Å². The number of nitrogens with zero attached hydrogens (tertiary/aromatic N) is 2. The minimum atomic E-state index is -1.08. The van der Waals surface area contributed by atoms with Crippen molar-refractivity contribution < 1.29 is 28.2 Å². The summed E-state index contributed by atoms with van der Waals surface area (Å²) in [5.74, 6) is -1.74. The van der Waals surface area contributed by atoms with Gasteiger partial charge in [-0.2, -0.15) is 0 Å². The number of hydrogen-bond acceptors (Lipinski definition) is 6. The van der Waals surface area contributed by atoms with E-state index < -0.39 is 23.5 Å². The second kappa shape index (κ2) is 8.18.